The van der Waals surface area contributed by atoms with Crippen molar-refractivity contribution >= 4 is 16.8 Å². The Labute approximate surface area is 170 Å². The SMILES string of the molecule is CCc1ccc([C@@H]2c3[nH]c4ccccc4c3CCN2C(=O)c2ccccn2)cc1. The molecule has 1 atom stereocenters. The maximum Gasteiger partial charge on any atom is 0.273 e. The lowest BCUT2D eigenvalue weighted by molar-refractivity contribution is 0.0686. The van der Waals surface area contributed by atoms with Crippen molar-refractivity contribution < 1.29 is 4.79 Å². The summed E-state index contributed by atoms with van der Waals surface area (Å²) < 4.78 is 0. The number of hydrogen-bond acceptors (Lipinski definition) is 2. The quantitative estimate of drug-likeness (QED) is 0.548. The third-order valence-corrected chi connectivity index (χ3v) is 5.88. The van der Waals surface area contributed by atoms with Gasteiger partial charge in [0, 0.05) is 29.3 Å². The van der Waals surface area contributed by atoms with Crippen LogP contribution in [0.4, 0.5) is 0 Å². The molecule has 0 bridgehead atoms. The number of para-hydroxylation sites is 1. The van der Waals surface area contributed by atoms with Crippen molar-refractivity contribution in [2.24, 2.45) is 0 Å². The van der Waals surface area contributed by atoms with E-state index < -0.39 is 0 Å². The summed E-state index contributed by atoms with van der Waals surface area (Å²) in [7, 11) is 0. The van der Waals surface area contributed by atoms with Gasteiger partial charge in [0.1, 0.15) is 5.69 Å². The van der Waals surface area contributed by atoms with E-state index in [0.29, 0.717) is 12.2 Å². The number of carbonyl (C=O) groups is 1. The maximum absolute atomic E-state index is 13.4. The fraction of sp³-hybridized carbons (Fsp3) is 0.200. The summed E-state index contributed by atoms with van der Waals surface area (Å²) in [5, 5.41) is 1.25. The van der Waals surface area contributed by atoms with Gasteiger partial charge in [0.05, 0.1) is 6.04 Å². The summed E-state index contributed by atoms with van der Waals surface area (Å²) in [6.45, 7) is 2.83. The molecule has 5 rings (SSSR count). The zero-order valence-corrected chi connectivity index (χ0v) is 16.4. The second-order valence-corrected chi connectivity index (χ2v) is 7.52. The van der Waals surface area contributed by atoms with E-state index in [1.165, 1.54) is 16.5 Å². The summed E-state index contributed by atoms with van der Waals surface area (Å²) in [5.74, 6) is -0.0283. The Kier molecular flexibility index (Phi) is 4.39. The van der Waals surface area contributed by atoms with Crippen LogP contribution in [0, 0.1) is 0 Å². The van der Waals surface area contributed by atoms with Crippen LogP contribution in [0.5, 0.6) is 0 Å². The molecule has 4 heteroatoms. The Morgan fingerprint density at radius 2 is 1.86 bits per heavy atom. The van der Waals surface area contributed by atoms with Crippen LogP contribution in [0.3, 0.4) is 0 Å². The minimum Gasteiger partial charge on any atom is -0.356 e. The molecular weight excluding hydrogens is 358 g/mol. The van der Waals surface area contributed by atoms with Gasteiger partial charge < -0.3 is 9.88 Å². The molecule has 4 nitrogen and oxygen atoms in total. The highest BCUT2D eigenvalue weighted by Crippen LogP contribution is 2.39. The second-order valence-electron chi connectivity index (χ2n) is 7.52. The fourth-order valence-electron chi connectivity index (χ4n) is 4.38. The molecule has 144 valence electrons. The van der Waals surface area contributed by atoms with E-state index in [-0.39, 0.29) is 11.9 Å². The van der Waals surface area contributed by atoms with Crippen LogP contribution in [0.2, 0.25) is 0 Å². The van der Waals surface area contributed by atoms with E-state index in [9.17, 15) is 4.79 Å². The van der Waals surface area contributed by atoms with Crippen LogP contribution >= 0.6 is 0 Å². The Hall–Kier alpha value is -3.40. The van der Waals surface area contributed by atoms with Gasteiger partial charge in [-0.2, -0.15) is 0 Å². The lowest BCUT2D eigenvalue weighted by Crippen LogP contribution is -2.41. The first-order valence-corrected chi connectivity index (χ1v) is 10.2. The highest BCUT2D eigenvalue weighted by Gasteiger charge is 2.35. The summed E-state index contributed by atoms with van der Waals surface area (Å²) >= 11 is 0. The number of H-pyrrole nitrogens is 1. The number of hydrogen-bond donors (Lipinski definition) is 1. The number of amides is 1. The molecule has 2 aromatic carbocycles. The fourth-order valence-corrected chi connectivity index (χ4v) is 4.38. The van der Waals surface area contributed by atoms with Crippen molar-refractivity contribution in [1.29, 1.82) is 0 Å². The number of aromatic nitrogens is 2. The van der Waals surface area contributed by atoms with Crippen molar-refractivity contribution in [1.82, 2.24) is 14.9 Å². The number of nitrogens with zero attached hydrogens (tertiary/aromatic N) is 2. The average Bonchev–Trinajstić information content (AvgIpc) is 3.17. The van der Waals surface area contributed by atoms with Crippen LogP contribution in [-0.4, -0.2) is 27.3 Å². The highest BCUT2D eigenvalue weighted by molar-refractivity contribution is 5.94. The minimum absolute atomic E-state index is 0.0283. The summed E-state index contributed by atoms with van der Waals surface area (Å²) in [5.41, 5.74) is 6.46. The molecular formula is C25H23N3O. The normalized spacial score (nSPS) is 16.0. The van der Waals surface area contributed by atoms with Crippen molar-refractivity contribution in [3.8, 4) is 0 Å². The number of benzene rings is 2. The van der Waals surface area contributed by atoms with Gasteiger partial charge in [0.15, 0.2) is 0 Å². The van der Waals surface area contributed by atoms with Crippen LogP contribution in [0.15, 0.2) is 72.9 Å². The van der Waals surface area contributed by atoms with Gasteiger partial charge in [-0.1, -0.05) is 55.5 Å². The molecule has 29 heavy (non-hydrogen) atoms. The van der Waals surface area contributed by atoms with Gasteiger partial charge in [0.25, 0.3) is 5.91 Å². The molecule has 1 amide bonds. The number of aryl methyl sites for hydroxylation is 1. The van der Waals surface area contributed by atoms with Crippen molar-refractivity contribution in [3.05, 3.63) is 101 Å². The Bertz CT molecular complexity index is 1160. The molecule has 1 aliphatic rings. The molecule has 0 spiro atoms. The van der Waals surface area contributed by atoms with E-state index >= 15 is 0 Å². The number of nitrogens with one attached hydrogen (secondary N) is 1. The van der Waals surface area contributed by atoms with E-state index in [2.05, 4.69) is 59.4 Å². The smallest absolute Gasteiger partial charge is 0.273 e. The number of rotatable bonds is 3. The lowest BCUT2D eigenvalue weighted by Gasteiger charge is -2.36. The van der Waals surface area contributed by atoms with Crippen LogP contribution < -0.4 is 0 Å². The number of fused-ring (bicyclic) bond motifs is 3. The summed E-state index contributed by atoms with van der Waals surface area (Å²) in [6, 6.07) is 22.4. The first-order chi connectivity index (χ1) is 14.3. The number of aromatic amines is 1. The first kappa shape index (κ1) is 17.7. The molecule has 3 heterocycles. The van der Waals surface area contributed by atoms with Crippen molar-refractivity contribution in [2.45, 2.75) is 25.8 Å². The molecule has 0 fully saturated rings. The van der Waals surface area contributed by atoms with Gasteiger partial charge >= 0.3 is 0 Å². The maximum atomic E-state index is 13.4. The second kappa shape index (κ2) is 7.21. The molecule has 1 aliphatic heterocycles. The molecule has 2 aromatic heterocycles. The molecule has 0 radical (unpaired) electrons. The molecule has 0 unspecified atom stereocenters. The molecule has 0 aliphatic carbocycles. The predicted octanol–water partition coefficient (Wildman–Crippen LogP) is 4.91. The van der Waals surface area contributed by atoms with Gasteiger partial charge in [0.2, 0.25) is 0 Å². The average molecular weight is 381 g/mol. The van der Waals surface area contributed by atoms with Gasteiger partial charge in [-0.3, -0.25) is 9.78 Å². The molecule has 0 saturated heterocycles. The highest BCUT2D eigenvalue weighted by atomic mass is 16.2. The molecule has 1 N–H and O–H groups in total. The Morgan fingerprint density at radius 3 is 2.62 bits per heavy atom. The van der Waals surface area contributed by atoms with E-state index in [0.717, 1.165) is 29.6 Å². The third kappa shape index (κ3) is 3.01. The van der Waals surface area contributed by atoms with Gasteiger partial charge in [-0.25, -0.2) is 0 Å². The van der Waals surface area contributed by atoms with Crippen LogP contribution in [0.25, 0.3) is 10.9 Å². The largest absolute Gasteiger partial charge is 0.356 e. The molecule has 0 saturated carbocycles. The summed E-state index contributed by atoms with van der Waals surface area (Å²) in [6.07, 6.45) is 3.51. The number of carbonyl (C=O) groups excluding carboxylic acids is 1. The third-order valence-electron chi connectivity index (χ3n) is 5.88. The van der Waals surface area contributed by atoms with Crippen molar-refractivity contribution in [3.63, 3.8) is 0 Å². The Balaban J connectivity index is 1.65. The predicted molar refractivity (Wildman–Crippen MR) is 115 cm³/mol. The lowest BCUT2D eigenvalue weighted by atomic mass is 9.91. The summed E-state index contributed by atoms with van der Waals surface area (Å²) in [4.78, 5) is 23.3. The first-order valence-electron chi connectivity index (χ1n) is 10.2. The minimum atomic E-state index is -0.147. The monoisotopic (exact) mass is 381 g/mol. The van der Waals surface area contributed by atoms with Crippen LogP contribution in [-0.2, 0) is 12.8 Å². The molecule has 4 aromatic rings. The van der Waals surface area contributed by atoms with Gasteiger partial charge in [-0.15, -0.1) is 0 Å². The van der Waals surface area contributed by atoms with E-state index in [1.807, 2.05) is 23.1 Å². The van der Waals surface area contributed by atoms with Gasteiger partial charge in [-0.05, 0) is 47.7 Å². The van der Waals surface area contributed by atoms with E-state index in [1.54, 1.807) is 12.3 Å². The standard InChI is InChI=1S/C25H23N3O/c1-2-17-10-12-18(13-11-17)24-23-20(19-7-3-4-8-21(19)27-23)14-16-28(24)25(29)22-9-5-6-15-26-22/h3-13,15,24,27H,2,14,16H2,1H3/t24-/m1/s1. The van der Waals surface area contributed by atoms with Crippen LogP contribution in [0.1, 0.15) is 45.8 Å². The van der Waals surface area contributed by atoms with E-state index in [4.69, 9.17) is 0 Å². The Morgan fingerprint density at radius 1 is 1.07 bits per heavy atom. The zero-order chi connectivity index (χ0) is 19.8. The topological polar surface area (TPSA) is 49.0 Å². The van der Waals surface area contributed by atoms with Crippen molar-refractivity contribution in [2.75, 3.05) is 6.54 Å². The zero-order valence-electron chi connectivity index (χ0n) is 16.4. The number of pyridine rings is 1.